The predicted octanol–water partition coefficient (Wildman–Crippen LogP) is -0.0429. The SMILES string of the molecule is Cn1cc(C2CN(C(=O)Cn3cn[nH]c3=O)CC2(C)C)cn1. The van der Waals surface area contributed by atoms with Gasteiger partial charge < -0.3 is 4.90 Å². The van der Waals surface area contributed by atoms with Crippen molar-refractivity contribution in [2.45, 2.75) is 26.3 Å². The maximum Gasteiger partial charge on any atom is 0.343 e. The summed E-state index contributed by atoms with van der Waals surface area (Å²) in [6, 6.07) is 0. The van der Waals surface area contributed by atoms with Crippen molar-refractivity contribution in [3.05, 3.63) is 34.8 Å². The van der Waals surface area contributed by atoms with Gasteiger partial charge in [-0.15, -0.1) is 0 Å². The average molecular weight is 304 g/mol. The van der Waals surface area contributed by atoms with Gasteiger partial charge in [-0.25, -0.2) is 9.89 Å². The van der Waals surface area contributed by atoms with Gasteiger partial charge in [0.25, 0.3) is 0 Å². The van der Waals surface area contributed by atoms with Crippen molar-refractivity contribution in [2.24, 2.45) is 12.5 Å². The molecule has 8 nitrogen and oxygen atoms in total. The van der Waals surface area contributed by atoms with Crippen LogP contribution in [0, 0.1) is 5.41 Å². The van der Waals surface area contributed by atoms with Gasteiger partial charge in [0.1, 0.15) is 12.9 Å². The molecule has 0 aromatic carbocycles. The van der Waals surface area contributed by atoms with Crippen molar-refractivity contribution < 1.29 is 4.79 Å². The van der Waals surface area contributed by atoms with E-state index in [2.05, 4.69) is 29.1 Å². The minimum absolute atomic E-state index is 0.0190. The van der Waals surface area contributed by atoms with Crippen molar-refractivity contribution in [1.29, 1.82) is 0 Å². The van der Waals surface area contributed by atoms with E-state index in [1.165, 1.54) is 10.9 Å². The van der Waals surface area contributed by atoms with Crippen molar-refractivity contribution in [1.82, 2.24) is 29.4 Å². The van der Waals surface area contributed by atoms with E-state index in [9.17, 15) is 9.59 Å². The van der Waals surface area contributed by atoms with E-state index in [4.69, 9.17) is 0 Å². The molecule has 0 saturated carbocycles. The fourth-order valence-electron chi connectivity index (χ4n) is 3.13. The molecule has 0 spiro atoms. The first-order valence-corrected chi connectivity index (χ1v) is 7.23. The number of hydrogen-bond donors (Lipinski definition) is 1. The first-order valence-electron chi connectivity index (χ1n) is 7.23. The summed E-state index contributed by atoms with van der Waals surface area (Å²) in [5, 5.41) is 10.2. The Bertz CT molecular complexity index is 740. The molecular formula is C14H20N6O2. The van der Waals surface area contributed by atoms with Crippen molar-refractivity contribution >= 4 is 5.91 Å². The van der Waals surface area contributed by atoms with Crippen molar-refractivity contribution in [3.63, 3.8) is 0 Å². The molecule has 1 unspecified atom stereocenters. The number of carbonyl (C=O) groups excluding carboxylic acids is 1. The highest BCUT2D eigenvalue weighted by molar-refractivity contribution is 5.76. The van der Waals surface area contributed by atoms with Crippen LogP contribution < -0.4 is 5.69 Å². The van der Waals surface area contributed by atoms with Crippen LogP contribution in [0.5, 0.6) is 0 Å². The lowest BCUT2D eigenvalue weighted by atomic mass is 9.79. The lowest BCUT2D eigenvalue weighted by Crippen LogP contribution is -2.35. The largest absolute Gasteiger partial charge is 0.343 e. The fourth-order valence-corrected chi connectivity index (χ4v) is 3.13. The van der Waals surface area contributed by atoms with E-state index in [0.717, 1.165) is 5.56 Å². The molecule has 1 aliphatic rings. The lowest BCUT2D eigenvalue weighted by molar-refractivity contribution is -0.131. The van der Waals surface area contributed by atoms with Gasteiger partial charge in [-0.3, -0.25) is 14.0 Å². The number of amides is 1. The van der Waals surface area contributed by atoms with Gasteiger partial charge in [-0.2, -0.15) is 10.2 Å². The van der Waals surface area contributed by atoms with Crippen LogP contribution in [0.25, 0.3) is 0 Å². The molecule has 1 aliphatic heterocycles. The topological polar surface area (TPSA) is 88.8 Å². The number of nitrogens with zero attached hydrogens (tertiary/aromatic N) is 5. The molecule has 1 N–H and O–H groups in total. The minimum atomic E-state index is -0.365. The van der Waals surface area contributed by atoms with Gasteiger partial charge in [0, 0.05) is 32.3 Å². The van der Waals surface area contributed by atoms with Crippen LogP contribution >= 0.6 is 0 Å². The molecule has 0 aliphatic carbocycles. The summed E-state index contributed by atoms with van der Waals surface area (Å²) in [5.74, 6) is 0.175. The van der Waals surface area contributed by atoms with Crippen LogP contribution in [0.1, 0.15) is 25.3 Å². The quantitative estimate of drug-likeness (QED) is 0.861. The Labute approximate surface area is 127 Å². The van der Waals surface area contributed by atoms with Gasteiger partial charge in [0.2, 0.25) is 5.91 Å². The standard InChI is InChI=1S/C14H20N6O2/c1-14(2)8-19(6-11(14)10-4-16-18(3)5-10)12(21)7-20-9-15-17-13(20)22/h4-5,9,11H,6-8H2,1-3H3,(H,17,22). The Hall–Kier alpha value is -2.38. The van der Waals surface area contributed by atoms with E-state index in [1.807, 2.05) is 24.3 Å². The summed E-state index contributed by atoms with van der Waals surface area (Å²) < 4.78 is 3.06. The van der Waals surface area contributed by atoms with Crippen LogP contribution in [0.2, 0.25) is 0 Å². The van der Waals surface area contributed by atoms with E-state index >= 15 is 0 Å². The molecular weight excluding hydrogens is 284 g/mol. The zero-order valence-electron chi connectivity index (χ0n) is 13.0. The molecule has 1 saturated heterocycles. The summed E-state index contributed by atoms with van der Waals surface area (Å²) in [5.41, 5.74) is 0.749. The third-order valence-corrected chi connectivity index (χ3v) is 4.35. The number of aromatic amines is 1. The van der Waals surface area contributed by atoms with Gasteiger partial charge in [-0.1, -0.05) is 13.8 Å². The number of aromatic nitrogens is 5. The maximum atomic E-state index is 12.4. The molecule has 2 aromatic heterocycles. The van der Waals surface area contributed by atoms with Gasteiger partial charge in [0.05, 0.1) is 6.20 Å². The van der Waals surface area contributed by atoms with E-state index < -0.39 is 0 Å². The number of likely N-dealkylation sites (tertiary alicyclic amines) is 1. The Kier molecular flexibility index (Phi) is 3.38. The Balaban J connectivity index is 1.75. The monoisotopic (exact) mass is 304 g/mol. The van der Waals surface area contributed by atoms with E-state index in [0.29, 0.717) is 13.1 Å². The highest BCUT2D eigenvalue weighted by Gasteiger charge is 2.42. The Morgan fingerprint density at radius 1 is 1.50 bits per heavy atom. The molecule has 1 amide bonds. The summed E-state index contributed by atoms with van der Waals surface area (Å²) in [6.07, 6.45) is 5.21. The molecule has 3 heterocycles. The lowest BCUT2D eigenvalue weighted by Gasteiger charge is -2.24. The number of aryl methyl sites for hydroxylation is 1. The van der Waals surface area contributed by atoms with Crippen LogP contribution in [0.3, 0.4) is 0 Å². The summed E-state index contributed by atoms with van der Waals surface area (Å²) in [6.45, 7) is 5.64. The average Bonchev–Trinajstić information content (AvgIpc) is 3.10. The summed E-state index contributed by atoms with van der Waals surface area (Å²) in [7, 11) is 1.89. The highest BCUT2D eigenvalue weighted by Crippen LogP contribution is 2.42. The second-order valence-electron chi connectivity index (χ2n) is 6.55. The fraction of sp³-hybridized carbons (Fsp3) is 0.571. The first-order chi connectivity index (χ1) is 10.4. The molecule has 0 bridgehead atoms. The molecule has 3 rings (SSSR count). The molecule has 2 aromatic rings. The minimum Gasteiger partial charge on any atom is -0.340 e. The normalized spacial score (nSPS) is 20.5. The third kappa shape index (κ3) is 2.56. The molecule has 118 valence electrons. The molecule has 0 radical (unpaired) electrons. The van der Waals surface area contributed by atoms with Crippen molar-refractivity contribution in [2.75, 3.05) is 13.1 Å². The van der Waals surface area contributed by atoms with Gasteiger partial charge >= 0.3 is 5.69 Å². The number of carbonyl (C=O) groups is 1. The van der Waals surface area contributed by atoms with Crippen LogP contribution in [-0.2, 0) is 18.4 Å². The number of H-pyrrole nitrogens is 1. The first kappa shape index (κ1) is 14.6. The van der Waals surface area contributed by atoms with E-state index in [-0.39, 0.29) is 29.5 Å². The summed E-state index contributed by atoms with van der Waals surface area (Å²) in [4.78, 5) is 25.7. The maximum absolute atomic E-state index is 12.4. The molecule has 1 atom stereocenters. The van der Waals surface area contributed by atoms with Gasteiger partial charge in [-0.05, 0) is 11.0 Å². The van der Waals surface area contributed by atoms with Crippen molar-refractivity contribution in [3.8, 4) is 0 Å². The number of rotatable bonds is 3. The molecule has 1 fully saturated rings. The van der Waals surface area contributed by atoms with Crippen LogP contribution in [-0.4, -0.2) is 48.4 Å². The summed E-state index contributed by atoms with van der Waals surface area (Å²) >= 11 is 0. The Morgan fingerprint density at radius 3 is 2.86 bits per heavy atom. The second kappa shape index (κ2) is 5.11. The zero-order chi connectivity index (χ0) is 15.9. The van der Waals surface area contributed by atoms with E-state index in [1.54, 1.807) is 4.68 Å². The Morgan fingerprint density at radius 2 is 2.27 bits per heavy atom. The second-order valence-corrected chi connectivity index (χ2v) is 6.55. The van der Waals surface area contributed by atoms with Gasteiger partial charge in [0.15, 0.2) is 0 Å². The molecule has 22 heavy (non-hydrogen) atoms. The smallest absolute Gasteiger partial charge is 0.340 e. The number of nitrogens with one attached hydrogen (secondary N) is 1. The third-order valence-electron chi connectivity index (χ3n) is 4.35. The zero-order valence-corrected chi connectivity index (χ0v) is 13.0. The molecule has 8 heteroatoms. The van der Waals surface area contributed by atoms with Crippen LogP contribution in [0.15, 0.2) is 23.5 Å². The van der Waals surface area contributed by atoms with Crippen LogP contribution in [0.4, 0.5) is 0 Å². The number of hydrogen-bond acceptors (Lipinski definition) is 4. The highest BCUT2D eigenvalue weighted by atomic mass is 16.2. The predicted molar refractivity (Wildman–Crippen MR) is 79.2 cm³/mol.